The van der Waals surface area contributed by atoms with Crippen molar-refractivity contribution >= 4 is 11.8 Å². The number of carbonyl (C=O) groups is 2. The van der Waals surface area contributed by atoms with Gasteiger partial charge in [-0.15, -0.1) is 0 Å². The van der Waals surface area contributed by atoms with Gasteiger partial charge in [0.05, 0.1) is 0 Å². The topological polar surface area (TPSA) is 67.4 Å². The van der Waals surface area contributed by atoms with Crippen LogP contribution < -0.4 is 15.6 Å². The van der Waals surface area contributed by atoms with E-state index in [0.29, 0.717) is 11.3 Å². The van der Waals surface area contributed by atoms with E-state index in [0.717, 1.165) is 17.2 Å². The third kappa shape index (κ3) is 4.81. The summed E-state index contributed by atoms with van der Waals surface area (Å²) >= 11 is 0. The van der Waals surface area contributed by atoms with Gasteiger partial charge in [0.1, 0.15) is 11.6 Å². The Morgan fingerprint density at radius 2 is 1.67 bits per heavy atom. The first-order valence-electron chi connectivity index (χ1n) is 7.41. The van der Waals surface area contributed by atoms with Gasteiger partial charge in [-0.05, 0) is 61.7 Å². The molecule has 0 heterocycles. The zero-order valence-corrected chi connectivity index (χ0v) is 13.8. The number of ether oxygens (including phenoxy) is 1. The summed E-state index contributed by atoms with van der Waals surface area (Å²) in [5, 5.41) is 0. The lowest BCUT2D eigenvalue weighted by molar-refractivity contribution is -0.123. The monoisotopic (exact) mass is 330 g/mol. The molecule has 0 radical (unpaired) electrons. The summed E-state index contributed by atoms with van der Waals surface area (Å²) in [6, 6.07) is 9.71. The van der Waals surface area contributed by atoms with Gasteiger partial charge in [0, 0.05) is 5.56 Å². The summed E-state index contributed by atoms with van der Waals surface area (Å²) in [7, 11) is 0. The molecule has 0 spiro atoms. The predicted octanol–water partition coefficient (Wildman–Crippen LogP) is 2.59. The maximum Gasteiger partial charge on any atom is 0.276 e. The minimum atomic E-state index is -0.603. The molecule has 2 aromatic carbocycles. The molecule has 24 heavy (non-hydrogen) atoms. The van der Waals surface area contributed by atoms with Crippen LogP contribution in [0.25, 0.3) is 0 Å². The molecular weight excluding hydrogens is 311 g/mol. The van der Waals surface area contributed by atoms with Crippen molar-refractivity contribution in [2.75, 3.05) is 6.61 Å². The first-order valence-corrected chi connectivity index (χ1v) is 7.41. The highest BCUT2D eigenvalue weighted by atomic mass is 19.1. The number of amides is 2. The SMILES string of the molecule is Cc1cc(C)cc(OCC(=O)NNC(=O)c2ccc(C)c(F)c2)c1. The first-order chi connectivity index (χ1) is 11.3. The van der Waals surface area contributed by atoms with Crippen molar-refractivity contribution in [1.82, 2.24) is 10.9 Å². The standard InChI is InChI=1S/C18H19FN2O3/c1-11-6-12(2)8-15(7-11)24-10-17(22)20-21-18(23)14-5-4-13(3)16(19)9-14/h4-9H,10H2,1-3H3,(H,20,22)(H,21,23). The molecule has 2 aromatic rings. The average Bonchev–Trinajstić information content (AvgIpc) is 2.52. The molecule has 0 unspecified atom stereocenters. The summed E-state index contributed by atoms with van der Waals surface area (Å²) < 4.78 is 18.8. The van der Waals surface area contributed by atoms with Gasteiger partial charge < -0.3 is 4.74 Å². The third-order valence-electron chi connectivity index (χ3n) is 3.31. The van der Waals surface area contributed by atoms with Gasteiger partial charge in [-0.25, -0.2) is 4.39 Å². The maximum absolute atomic E-state index is 13.4. The molecule has 2 amide bonds. The van der Waals surface area contributed by atoms with E-state index in [-0.39, 0.29) is 12.2 Å². The second-order valence-electron chi connectivity index (χ2n) is 5.58. The number of halogens is 1. The zero-order valence-electron chi connectivity index (χ0n) is 13.8. The molecule has 0 aliphatic rings. The van der Waals surface area contributed by atoms with Gasteiger partial charge in [0.2, 0.25) is 0 Å². The van der Waals surface area contributed by atoms with Crippen molar-refractivity contribution in [3.8, 4) is 5.75 Å². The summed E-state index contributed by atoms with van der Waals surface area (Å²) in [5.41, 5.74) is 7.06. The zero-order chi connectivity index (χ0) is 17.7. The number of aryl methyl sites for hydroxylation is 3. The Hall–Kier alpha value is -2.89. The van der Waals surface area contributed by atoms with Crippen molar-refractivity contribution in [1.29, 1.82) is 0 Å². The second-order valence-corrected chi connectivity index (χ2v) is 5.58. The molecule has 2 rings (SSSR count). The third-order valence-corrected chi connectivity index (χ3v) is 3.31. The Kier molecular flexibility index (Phi) is 5.52. The van der Waals surface area contributed by atoms with Crippen LogP contribution in [0.5, 0.6) is 5.75 Å². The lowest BCUT2D eigenvalue weighted by Crippen LogP contribution is -2.43. The van der Waals surface area contributed by atoms with E-state index in [2.05, 4.69) is 10.9 Å². The number of nitrogens with one attached hydrogen (secondary N) is 2. The molecule has 2 N–H and O–H groups in total. The molecule has 0 fully saturated rings. The van der Waals surface area contributed by atoms with E-state index in [9.17, 15) is 14.0 Å². The highest BCUT2D eigenvalue weighted by Gasteiger charge is 2.10. The minimum absolute atomic E-state index is 0.119. The van der Waals surface area contributed by atoms with Crippen molar-refractivity contribution in [2.45, 2.75) is 20.8 Å². The highest BCUT2D eigenvalue weighted by molar-refractivity contribution is 5.95. The van der Waals surface area contributed by atoms with Crippen LogP contribution in [0.3, 0.4) is 0 Å². The van der Waals surface area contributed by atoms with Gasteiger partial charge in [0.25, 0.3) is 11.8 Å². The van der Waals surface area contributed by atoms with Crippen molar-refractivity contribution in [3.05, 3.63) is 64.5 Å². The summed E-state index contributed by atoms with van der Waals surface area (Å²) in [5.74, 6) is -1.02. The van der Waals surface area contributed by atoms with E-state index < -0.39 is 17.6 Å². The lowest BCUT2D eigenvalue weighted by atomic mass is 10.1. The van der Waals surface area contributed by atoms with Crippen LogP contribution in [0.1, 0.15) is 27.0 Å². The van der Waals surface area contributed by atoms with E-state index in [4.69, 9.17) is 4.74 Å². The molecule has 0 aliphatic carbocycles. The number of hydrogen-bond donors (Lipinski definition) is 2. The molecule has 126 valence electrons. The molecule has 6 heteroatoms. The number of hydrogen-bond acceptors (Lipinski definition) is 3. The minimum Gasteiger partial charge on any atom is -0.484 e. The Balaban J connectivity index is 1.84. The fourth-order valence-corrected chi connectivity index (χ4v) is 2.13. The van der Waals surface area contributed by atoms with Gasteiger partial charge in [0.15, 0.2) is 6.61 Å². The van der Waals surface area contributed by atoms with Gasteiger partial charge in [-0.1, -0.05) is 12.1 Å². The fourth-order valence-electron chi connectivity index (χ4n) is 2.13. The van der Waals surface area contributed by atoms with Gasteiger partial charge >= 0.3 is 0 Å². The quantitative estimate of drug-likeness (QED) is 0.847. The lowest BCUT2D eigenvalue weighted by Gasteiger charge is -2.10. The molecule has 5 nitrogen and oxygen atoms in total. The molecule has 0 bridgehead atoms. The number of hydrazine groups is 1. The molecule has 0 saturated heterocycles. The largest absolute Gasteiger partial charge is 0.484 e. The van der Waals surface area contributed by atoms with Crippen LogP contribution in [0, 0.1) is 26.6 Å². The van der Waals surface area contributed by atoms with Crippen LogP contribution in [-0.2, 0) is 4.79 Å². The predicted molar refractivity (Wildman–Crippen MR) is 88.2 cm³/mol. The number of benzene rings is 2. The molecule has 0 atom stereocenters. The smallest absolute Gasteiger partial charge is 0.276 e. The fraction of sp³-hybridized carbons (Fsp3) is 0.222. The molecular formula is C18H19FN2O3. The van der Waals surface area contributed by atoms with E-state index in [1.54, 1.807) is 6.92 Å². The van der Waals surface area contributed by atoms with E-state index in [1.807, 2.05) is 32.0 Å². The van der Waals surface area contributed by atoms with Crippen LogP contribution in [0.15, 0.2) is 36.4 Å². The Labute approximate surface area is 139 Å². The Morgan fingerprint density at radius 3 is 2.29 bits per heavy atom. The maximum atomic E-state index is 13.4. The van der Waals surface area contributed by atoms with E-state index >= 15 is 0 Å². The van der Waals surface area contributed by atoms with Crippen molar-refractivity contribution in [2.24, 2.45) is 0 Å². The number of rotatable bonds is 4. The van der Waals surface area contributed by atoms with E-state index in [1.165, 1.54) is 12.1 Å². The summed E-state index contributed by atoms with van der Waals surface area (Å²) in [6.07, 6.45) is 0. The van der Waals surface area contributed by atoms with Gasteiger partial charge in [-0.3, -0.25) is 20.4 Å². The van der Waals surface area contributed by atoms with Crippen LogP contribution in [0.2, 0.25) is 0 Å². The summed E-state index contributed by atoms with van der Waals surface area (Å²) in [4.78, 5) is 23.6. The van der Waals surface area contributed by atoms with Gasteiger partial charge in [-0.2, -0.15) is 0 Å². The molecule has 0 aliphatic heterocycles. The first kappa shape index (κ1) is 17.5. The van der Waals surface area contributed by atoms with Crippen molar-refractivity contribution < 1.29 is 18.7 Å². The molecule has 0 saturated carbocycles. The highest BCUT2D eigenvalue weighted by Crippen LogP contribution is 2.15. The normalized spacial score (nSPS) is 10.2. The Morgan fingerprint density at radius 1 is 1.00 bits per heavy atom. The second kappa shape index (κ2) is 7.59. The number of carbonyl (C=O) groups excluding carboxylic acids is 2. The van der Waals surface area contributed by atoms with Crippen molar-refractivity contribution in [3.63, 3.8) is 0 Å². The summed E-state index contributed by atoms with van der Waals surface area (Å²) in [6.45, 7) is 5.22. The molecule has 0 aromatic heterocycles. The van der Waals surface area contributed by atoms with Crippen LogP contribution in [-0.4, -0.2) is 18.4 Å². The average molecular weight is 330 g/mol. The Bertz CT molecular complexity index is 755. The van der Waals surface area contributed by atoms with Crippen LogP contribution >= 0.6 is 0 Å². The van der Waals surface area contributed by atoms with Crippen LogP contribution in [0.4, 0.5) is 4.39 Å².